The van der Waals surface area contributed by atoms with Crippen LogP contribution in [0.3, 0.4) is 0 Å². The Labute approximate surface area is 392 Å². The van der Waals surface area contributed by atoms with Gasteiger partial charge in [0.2, 0.25) is 5.78 Å². The van der Waals surface area contributed by atoms with Gasteiger partial charge in [0.25, 0.3) is 0 Å². The molecule has 0 saturated carbocycles. The Morgan fingerprint density at radius 1 is 0.638 bits per heavy atom. The van der Waals surface area contributed by atoms with Gasteiger partial charge in [0.05, 0.1) is 35.4 Å². The quantitative estimate of drug-likeness (QED) is 0.0494. The molecule has 2 aliphatic rings. The molecule has 9 rings (SSSR count). The van der Waals surface area contributed by atoms with Gasteiger partial charge in [0, 0.05) is 93.5 Å². The first-order valence-corrected chi connectivity index (χ1v) is 21.8. The summed E-state index contributed by atoms with van der Waals surface area (Å²) in [7, 11) is 0. The van der Waals surface area contributed by atoms with E-state index in [2.05, 4.69) is 57.1 Å². The fourth-order valence-electron chi connectivity index (χ4n) is 8.03. The number of aromatic amines is 3. The minimum atomic E-state index is -4.38. The Kier molecular flexibility index (Phi) is 15.8. The summed E-state index contributed by atoms with van der Waals surface area (Å²) in [4.78, 5) is 56.0. The molecule has 2 saturated heterocycles. The molecule has 3 N–H and O–H groups in total. The summed E-state index contributed by atoms with van der Waals surface area (Å²) in [5, 5.41) is 13.8. The molecule has 7 aromatic rings. The number of pyridine rings is 2. The molecule has 21 heteroatoms. The van der Waals surface area contributed by atoms with Crippen LogP contribution >= 0.6 is 0 Å². The van der Waals surface area contributed by atoms with Crippen molar-refractivity contribution in [3.05, 3.63) is 149 Å². The predicted octanol–water partition coefficient (Wildman–Crippen LogP) is 8.01. The molecule has 0 aliphatic carbocycles. The molecule has 5 aromatic heterocycles. The summed E-state index contributed by atoms with van der Waals surface area (Å²) in [6.07, 6.45) is -0.663. The van der Waals surface area contributed by atoms with Gasteiger partial charge in [-0.2, -0.15) is 36.5 Å². The standard InChI is InChI=1S/C24H24F3N7.C16H18F3N5O.C8H6O2/c1-16-14-33(9-10-34(16)21-8-7-19(12-28-21)24(25,26)27)15-18-11-30-32-22(18)23-29-13-20(31-23)17-5-3-2-4-6-17;1-11-8-23(9-12-6-21-22-14(12)10-25)4-5-24(11)15-3-2-13(7-20-15)16(17,18)19;9-6-8(10)7-4-2-1-3-5-7/h2-8,11-13,16H,9-10,14-15H2,1H3,(H,29,31)(H,30,32);2-3,6-7,10-11H,4-5,8-9H2,1H3,(H,21,22);1-6H/t16-;11-;/m11./s1. The van der Waals surface area contributed by atoms with Crippen molar-refractivity contribution in [2.24, 2.45) is 0 Å². The molecule has 0 radical (unpaired) electrons. The number of H-pyrrole nitrogens is 3. The lowest BCUT2D eigenvalue weighted by Crippen LogP contribution is -2.51. The highest BCUT2D eigenvalue weighted by atomic mass is 19.4. The summed E-state index contributed by atoms with van der Waals surface area (Å²) in [5.41, 5.74) is 4.14. The SMILES string of the molecule is C[C@@H]1CN(Cc2cn[nH]c2-c2ncc(-c3ccccc3)[nH]2)CCN1c1ccc(C(F)(F)F)cn1.C[C@@H]1CN(Cc2cn[nH]c2C=O)CCN1c1ccc(C(F)(F)F)cn1.O=CC(=O)c1ccccc1. The molecule has 7 heterocycles. The van der Waals surface area contributed by atoms with E-state index in [4.69, 9.17) is 0 Å². The van der Waals surface area contributed by atoms with Crippen molar-refractivity contribution in [3.63, 3.8) is 0 Å². The third-order valence-electron chi connectivity index (χ3n) is 11.6. The Morgan fingerprint density at radius 3 is 1.65 bits per heavy atom. The number of anilines is 2. The largest absolute Gasteiger partial charge is 0.417 e. The van der Waals surface area contributed by atoms with Crippen LogP contribution < -0.4 is 9.80 Å². The van der Waals surface area contributed by atoms with E-state index in [1.165, 1.54) is 12.1 Å². The van der Waals surface area contributed by atoms with Crippen LogP contribution in [-0.4, -0.2) is 120 Å². The number of hydrogen-bond acceptors (Lipinski definition) is 12. The van der Waals surface area contributed by atoms with E-state index in [1.54, 1.807) is 36.5 Å². The molecular weight excluding hydrogens is 907 g/mol. The summed E-state index contributed by atoms with van der Waals surface area (Å²) < 4.78 is 76.4. The van der Waals surface area contributed by atoms with Crippen LogP contribution in [0.2, 0.25) is 0 Å². The topological polar surface area (TPSA) is 176 Å². The summed E-state index contributed by atoms with van der Waals surface area (Å²) >= 11 is 0. The number of piperazine rings is 2. The number of halogens is 6. The number of imidazole rings is 1. The van der Waals surface area contributed by atoms with Crippen LogP contribution in [0.1, 0.15) is 56.9 Å². The van der Waals surface area contributed by atoms with Gasteiger partial charge in [-0.1, -0.05) is 60.7 Å². The number of aldehydes is 2. The molecule has 0 amide bonds. The van der Waals surface area contributed by atoms with Gasteiger partial charge in [-0.3, -0.25) is 34.4 Å². The molecule has 0 spiro atoms. The van der Waals surface area contributed by atoms with E-state index < -0.39 is 29.3 Å². The van der Waals surface area contributed by atoms with E-state index in [1.807, 2.05) is 59.4 Å². The van der Waals surface area contributed by atoms with E-state index in [-0.39, 0.29) is 12.1 Å². The number of benzene rings is 2. The number of carbonyl (C=O) groups is 3. The van der Waals surface area contributed by atoms with Crippen LogP contribution in [0.25, 0.3) is 22.8 Å². The molecule has 360 valence electrons. The molecule has 2 aliphatic heterocycles. The van der Waals surface area contributed by atoms with Crippen LogP contribution in [-0.2, 0) is 30.2 Å². The van der Waals surface area contributed by atoms with Gasteiger partial charge in [-0.05, 0) is 43.7 Å². The van der Waals surface area contributed by atoms with Crippen LogP contribution in [0, 0.1) is 0 Å². The Balaban J connectivity index is 0.000000175. The van der Waals surface area contributed by atoms with Gasteiger partial charge >= 0.3 is 12.4 Å². The molecular formula is C48H48F6N12O3. The maximum atomic E-state index is 12.8. The molecule has 15 nitrogen and oxygen atoms in total. The van der Waals surface area contributed by atoms with Crippen LogP contribution in [0.4, 0.5) is 38.0 Å². The van der Waals surface area contributed by atoms with Crippen molar-refractivity contribution >= 4 is 30.0 Å². The van der Waals surface area contributed by atoms with E-state index >= 15 is 0 Å². The third-order valence-corrected chi connectivity index (χ3v) is 11.6. The van der Waals surface area contributed by atoms with Crippen molar-refractivity contribution in [2.45, 2.75) is 51.4 Å². The second-order valence-electron chi connectivity index (χ2n) is 16.4. The lowest BCUT2D eigenvalue weighted by atomic mass is 10.1. The predicted molar refractivity (Wildman–Crippen MR) is 245 cm³/mol. The second kappa shape index (κ2) is 22.1. The van der Waals surface area contributed by atoms with Crippen molar-refractivity contribution in [3.8, 4) is 22.8 Å². The number of alkyl halides is 6. The lowest BCUT2D eigenvalue weighted by molar-refractivity contribution is -0.138. The molecule has 0 bridgehead atoms. The molecule has 0 unspecified atom stereocenters. The fraction of sp³-hybridized carbons (Fsp3) is 0.292. The number of hydrogen-bond donors (Lipinski definition) is 3. The van der Waals surface area contributed by atoms with Gasteiger partial charge in [-0.15, -0.1) is 0 Å². The van der Waals surface area contributed by atoms with Gasteiger partial charge < -0.3 is 14.8 Å². The average molecular weight is 955 g/mol. The van der Waals surface area contributed by atoms with Crippen molar-refractivity contribution < 1.29 is 40.7 Å². The first kappa shape index (κ1) is 49.4. The van der Waals surface area contributed by atoms with E-state index in [0.29, 0.717) is 61.9 Å². The smallest absolute Gasteiger partial charge is 0.351 e. The van der Waals surface area contributed by atoms with Crippen LogP contribution in [0.5, 0.6) is 0 Å². The molecule has 69 heavy (non-hydrogen) atoms. The van der Waals surface area contributed by atoms with E-state index in [9.17, 15) is 40.7 Å². The highest BCUT2D eigenvalue weighted by molar-refractivity contribution is 6.33. The van der Waals surface area contributed by atoms with E-state index in [0.717, 1.165) is 84.3 Å². The fourth-order valence-corrected chi connectivity index (χ4v) is 8.03. The number of ketones is 1. The lowest BCUT2D eigenvalue weighted by Gasteiger charge is -2.40. The zero-order valence-electron chi connectivity index (χ0n) is 37.5. The monoisotopic (exact) mass is 954 g/mol. The Bertz CT molecular complexity index is 2740. The number of nitrogens with one attached hydrogen (secondary N) is 3. The maximum Gasteiger partial charge on any atom is 0.417 e. The maximum absolute atomic E-state index is 12.8. The molecule has 2 atom stereocenters. The minimum absolute atomic E-state index is 0.0876. The Hall–Kier alpha value is -7.52. The van der Waals surface area contributed by atoms with Crippen molar-refractivity contribution in [1.82, 2.24) is 50.1 Å². The zero-order chi connectivity index (χ0) is 49.1. The zero-order valence-corrected chi connectivity index (χ0v) is 37.5. The number of aromatic nitrogens is 8. The highest BCUT2D eigenvalue weighted by Crippen LogP contribution is 2.32. The normalized spacial score (nSPS) is 16.8. The number of carbonyl (C=O) groups excluding carboxylic acids is 3. The summed E-state index contributed by atoms with van der Waals surface area (Å²) in [6.45, 7) is 9.60. The summed E-state index contributed by atoms with van der Waals surface area (Å²) in [6, 6.07) is 23.6. The van der Waals surface area contributed by atoms with Crippen LogP contribution in [0.15, 0.2) is 116 Å². The van der Waals surface area contributed by atoms with Gasteiger partial charge in [0.15, 0.2) is 18.4 Å². The second-order valence-corrected chi connectivity index (χ2v) is 16.4. The van der Waals surface area contributed by atoms with Gasteiger partial charge in [0.1, 0.15) is 23.0 Å². The van der Waals surface area contributed by atoms with Gasteiger partial charge in [-0.25, -0.2) is 15.0 Å². The average Bonchev–Trinajstić information content (AvgIpc) is 4.14. The van der Waals surface area contributed by atoms with Crippen molar-refractivity contribution in [2.75, 3.05) is 49.1 Å². The molecule has 2 aromatic carbocycles. The first-order chi connectivity index (χ1) is 33.1. The number of Topliss-reactive ketones (excluding diaryl/α,β-unsaturated/α-hetero) is 1. The third kappa shape index (κ3) is 12.7. The first-order valence-electron chi connectivity index (χ1n) is 21.8. The minimum Gasteiger partial charge on any atom is -0.351 e. The molecule has 2 fully saturated rings. The highest BCUT2D eigenvalue weighted by Gasteiger charge is 2.33. The number of nitrogens with zero attached hydrogens (tertiary/aromatic N) is 9. The Morgan fingerprint density at radius 2 is 1.16 bits per heavy atom. The summed E-state index contributed by atoms with van der Waals surface area (Å²) in [5.74, 6) is 1.36. The number of rotatable bonds is 11. The van der Waals surface area contributed by atoms with Crippen molar-refractivity contribution in [1.29, 1.82) is 0 Å².